The summed E-state index contributed by atoms with van der Waals surface area (Å²) in [7, 11) is 1.28. The second-order valence-electron chi connectivity index (χ2n) is 4.92. The fourth-order valence-electron chi connectivity index (χ4n) is 2.08. The number of nitrogens with one attached hydrogen (secondary N) is 1. The molecule has 0 aromatic carbocycles. The molecule has 0 atom stereocenters. The van der Waals surface area contributed by atoms with Crippen LogP contribution in [0.4, 0.5) is 0 Å². The fraction of sp³-hybridized carbons (Fsp3) is 0.500. The molecule has 0 bridgehead atoms. The first-order chi connectivity index (χ1) is 9.45. The van der Waals surface area contributed by atoms with E-state index in [9.17, 15) is 14.4 Å². The van der Waals surface area contributed by atoms with E-state index in [1.807, 2.05) is 0 Å². The Morgan fingerprint density at radius 3 is 2.45 bits per heavy atom. The summed E-state index contributed by atoms with van der Waals surface area (Å²) in [4.78, 5) is 37.9. The summed E-state index contributed by atoms with van der Waals surface area (Å²) >= 11 is 0. The highest BCUT2D eigenvalue weighted by Gasteiger charge is 2.32. The summed E-state index contributed by atoms with van der Waals surface area (Å²) in [5.74, 6) is -1.22. The van der Waals surface area contributed by atoms with Crippen molar-refractivity contribution in [2.75, 3.05) is 13.7 Å². The lowest BCUT2D eigenvalue weighted by Crippen LogP contribution is -2.16. The van der Waals surface area contributed by atoms with Crippen molar-refractivity contribution in [2.24, 2.45) is 5.92 Å². The maximum absolute atomic E-state index is 12.0. The molecule has 1 heterocycles. The van der Waals surface area contributed by atoms with Crippen LogP contribution < -0.4 is 0 Å². The highest BCUT2D eigenvalue weighted by molar-refractivity contribution is 6.02. The Hall–Kier alpha value is -2.11. The summed E-state index contributed by atoms with van der Waals surface area (Å²) in [6.07, 6.45) is 1.67. The number of rotatable bonds is 5. The van der Waals surface area contributed by atoms with Crippen LogP contribution in [0, 0.1) is 19.8 Å². The Labute approximate surface area is 116 Å². The molecule has 0 unspecified atom stereocenters. The molecular formula is C14H17NO5. The smallest absolute Gasteiger partial charge is 0.339 e. The van der Waals surface area contributed by atoms with Crippen LogP contribution in [-0.2, 0) is 14.3 Å². The van der Waals surface area contributed by atoms with E-state index in [0.29, 0.717) is 16.8 Å². The first-order valence-corrected chi connectivity index (χ1v) is 6.43. The maximum Gasteiger partial charge on any atom is 0.339 e. The number of aryl methyl sites for hydroxylation is 1. The van der Waals surface area contributed by atoms with Crippen molar-refractivity contribution in [1.82, 2.24) is 4.98 Å². The summed E-state index contributed by atoms with van der Waals surface area (Å²) in [5, 5.41) is 0. The normalized spacial score (nSPS) is 13.9. The second-order valence-corrected chi connectivity index (χ2v) is 4.92. The zero-order chi connectivity index (χ0) is 14.9. The molecule has 6 heteroatoms. The average Bonchev–Trinajstić information content (AvgIpc) is 3.21. The quantitative estimate of drug-likeness (QED) is 0.653. The Balaban J connectivity index is 2.09. The number of carbonyl (C=O) groups excluding carboxylic acids is 3. The van der Waals surface area contributed by atoms with Gasteiger partial charge in [-0.25, -0.2) is 4.79 Å². The number of hydrogen-bond acceptors (Lipinski definition) is 5. The third-order valence-electron chi connectivity index (χ3n) is 3.36. The Bertz CT molecular complexity index is 568. The van der Waals surface area contributed by atoms with Crippen LogP contribution in [-0.4, -0.2) is 36.4 Å². The van der Waals surface area contributed by atoms with E-state index in [1.165, 1.54) is 7.11 Å². The summed E-state index contributed by atoms with van der Waals surface area (Å²) in [5.41, 5.74) is 1.71. The number of hydrogen-bond donors (Lipinski definition) is 1. The van der Waals surface area contributed by atoms with Crippen LogP contribution >= 0.6 is 0 Å². The summed E-state index contributed by atoms with van der Waals surface area (Å²) in [6.45, 7) is 3.04. The van der Waals surface area contributed by atoms with Crippen LogP contribution in [0.5, 0.6) is 0 Å². The van der Waals surface area contributed by atoms with Gasteiger partial charge in [-0.2, -0.15) is 0 Å². The van der Waals surface area contributed by atoms with E-state index >= 15 is 0 Å². The van der Waals surface area contributed by atoms with Gasteiger partial charge in [0.15, 0.2) is 6.61 Å². The van der Waals surface area contributed by atoms with Crippen molar-refractivity contribution in [1.29, 1.82) is 0 Å². The lowest BCUT2D eigenvalue weighted by atomic mass is 10.1. The number of aromatic nitrogens is 1. The molecule has 20 heavy (non-hydrogen) atoms. The minimum Gasteiger partial charge on any atom is -0.465 e. The van der Waals surface area contributed by atoms with Gasteiger partial charge < -0.3 is 14.5 Å². The predicted molar refractivity (Wildman–Crippen MR) is 69.6 cm³/mol. The molecule has 2 rings (SSSR count). The molecule has 0 amide bonds. The Kier molecular flexibility index (Phi) is 3.92. The van der Waals surface area contributed by atoms with Crippen LogP contribution in [0.15, 0.2) is 0 Å². The van der Waals surface area contributed by atoms with Gasteiger partial charge in [0.2, 0.25) is 5.78 Å². The topological polar surface area (TPSA) is 85.5 Å². The van der Waals surface area contributed by atoms with Crippen molar-refractivity contribution in [3.63, 3.8) is 0 Å². The molecule has 108 valence electrons. The van der Waals surface area contributed by atoms with Crippen molar-refractivity contribution < 1.29 is 23.9 Å². The maximum atomic E-state index is 12.0. The van der Waals surface area contributed by atoms with E-state index < -0.39 is 5.97 Å². The number of H-pyrrole nitrogens is 1. The number of esters is 2. The van der Waals surface area contributed by atoms with E-state index in [1.54, 1.807) is 13.8 Å². The molecule has 0 spiro atoms. The zero-order valence-electron chi connectivity index (χ0n) is 11.7. The number of ketones is 1. The Morgan fingerprint density at radius 1 is 1.25 bits per heavy atom. The van der Waals surface area contributed by atoms with Crippen molar-refractivity contribution in [2.45, 2.75) is 26.7 Å². The number of aromatic amines is 1. The molecule has 1 aromatic heterocycles. The number of Topliss-reactive ketones (excluding diaryl/α,β-unsaturated/α-hetero) is 1. The first kappa shape index (κ1) is 14.3. The fourth-order valence-corrected chi connectivity index (χ4v) is 2.08. The van der Waals surface area contributed by atoms with Crippen LogP contribution in [0.2, 0.25) is 0 Å². The highest BCUT2D eigenvalue weighted by atomic mass is 16.5. The lowest BCUT2D eigenvalue weighted by molar-refractivity contribution is -0.144. The van der Waals surface area contributed by atoms with Crippen LogP contribution in [0.1, 0.15) is 44.9 Å². The molecule has 1 saturated carbocycles. The number of methoxy groups -OCH3 is 1. The summed E-state index contributed by atoms with van der Waals surface area (Å²) in [6, 6.07) is 0. The van der Waals surface area contributed by atoms with E-state index in [0.717, 1.165) is 12.8 Å². The molecule has 0 aliphatic heterocycles. The van der Waals surface area contributed by atoms with Crippen LogP contribution in [0.25, 0.3) is 0 Å². The largest absolute Gasteiger partial charge is 0.465 e. The van der Waals surface area contributed by atoms with Gasteiger partial charge in [0.05, 0.1) is 24.3 Å². The second kappa shape index (κ2) is 5.48. The van der Waals surface area contributed by atoms with E-state index in [2.05, 4.69) is 9.72 Å². The molecule has 1 aliphatic carbocycles. The third-order valence-corrected chi connectivity index (χ3v) is 3.36. The van der Waals surface area contributed by atoms with Gasteiger partial charge in [-0.1, -0.05) is 0 Å². The van der Waals surface area contributed by atoms with Gasteiger partial charge in [0.1, 0.15) is 0 Å². The van der Waals surface area contributed by atoms with Gasteiger partial charge >= 0.3 is 11.9 Å². The standard InChI is InChI=1S/C14H17NO5/c1-7-11(14(18)19-3)8(2)15-12(7)10(16)6-20-13(17)9-4-5-9/h9,15H,4-6H2,1-3H3. The SMILES string of the molecule is COC(=O)c1c(C)[nH]c(C(=O)COC(=O)C2CC2)c1C. The average molecular weight is 279 g/mol. The lowest BCUT2D eigenvalue weighted by Gasteiger charge is -2.03. The molecule has 0 radical (unpaired) electrons. The van der Waals surface area contributed by atoms with Gasteiger partial charge in [-0.05, 0) is 32.3 Å². The van der Waals surface area contributed by atoms with Gasteiger partial charge in [0, 0.05) is 5.69 Å². The van der Waals surface area contributed by atoms with Crippen molar-refractivity contribution in [3.05, 3.63) is 22.5 Å². The minimum absolute atomic E-state index is 0.0418. The Morgan fingerprint density at radius 2 is 1.90 bits per heavy atom. The molecule has 0 saturated heterocycles. The molecule has 6 nitrogen and oxygen atoms in total. The molecule has 1 N–H and O–H groups in total. The minimum atomic E-state index is -0.495. The summed E-state index contributed by atoms with van der Waals surface area (Å²) < 4.78 is 9.62. The van der Waals surface area contributed by atoms with Crippen molar-refractivity contribution >= 4 is 17.7 Å². The third kappa shape index (κ3) is 2.74. The molecular weight excluding hydrogens is 262 g/mol. The van der Waals surface area contributed by atoms with Gasteiger partial charge in [-0.15, -0.1) is 0 Å². The van der Waals surface area contributed by atoms with Crippen LogP contribution in [0.3, 0.4) is 0 Å². The van der Waals surface area contributed by atoms with Crippen molar-refractivity contribution in [3.8, 4) is 0 Å². The van der Waals surface area contributed by atoms with E-state index in [-0.39, 0.29) is 30.0 Å². The van der Waals surface area contributed by atoms with Gasteiger partial charge in [-0.3, -0.25) is 9.59 Å². The number of ether oxygens (including phenoxy) is 2. The molecule has 1 fully saturated rings. The first-order valence-electron chi connectivity index (χ1n) is 6.43. The predicted octanol–water partition coefficient (Wildman–Crippen LogP) is 1.55. The van der Waals surface area contributed by atoms with E-state index in [4.69, 9.17) is 4.74 Å². The van der Waals surface area contributed by atoms with Gasteiger partial charge in [0.25, 0.3) is 0 Å². The number of carbonyl (C=O) groups is 3. The monoisotopic (exact) mass is 279 g/mol. The zero-order valence-corrected chi connectivity index (χ0v) is 11.7. The molecule has 1 aliphatic rings. The molecule has 1 aromatic rings. The highest BCUT2D eigenvalue weighted by Crippen LogP contribution is 2.30.